The molecule has 0 saturated heterocycles. The first-order chi connectivity index (χ1) is 13.4. The summed E-state index contributed by atoms with van der Waals surface area (Å²) in [6.45, 7) is 1.23. The summed E-state index contributed by atoms with van der Waals surface area (Å²) in [5.41, 5.74) is 0. The fourth-order valence-electron chi connectivity index (χ4n) is 2.73. The Morgan fingerprint density at radius 2 is 0.893 bits per heavy atom. The van der Waals surface area contributed by atoms with Crippen LogP contribution in [0, 0.1) is 11.8 Å². The second kappa shape index (κ2) is 22.1. The predicted octanol–water partition coefficient (Wildman–Crippen LogP) is 2.02. The van der Waals surface area contributed by atoms with Gasteiger partial charge in [-0.2, -0.15) is 0 Å². The summed E-state index contributed by atoms with van der Waals surface area (Å²) in [6.07, 6.45) is 9.24. The highest BCUT2D eigenvalue weighted by Gasteiger charge is 2.19. The molecule has 0 amide bonds. The molecule has 168 valence electrons. The van der Waals surface area contributed by atoms with Crippen molar-refractivity contribution in [1.82, 2.24) is 0 Å². The summed E-state index contributed by atoms with van der Waals surface area (Å²) >= 11 is 0. The SMILES string of the molecule is O=C(O)CCCCC(=O)O.OCC1CCC(CO)CC1.OCCCCCCO. The number of aliphatic hydroxyl groups excluding tert-OH is 4. The van der Waals surface area contributed by atoms with E-state index in [1.165, 1.54) is 0 Å². The number of hydrogen-bond donors (Lipinski definition) is 6. The average Bonchev–Trinajstić information content (AvgIpc) is 2.69. The van der Waals surface area contributed by atoms with E-state index in [0.717, 1.165) is 51.4 Å². The summed E-state index contributed by atoms with van der Waals surface area (Å²) in [4.78, 5) is 19.8. The van der Waals surface area contributed by atoms with Crippen LogP contribution >= 0.6 is 0 Å². The van der Waals surface area contributed by atoms with Gasteiger partial charge in [0.2, 0.25) is 0 Å². The normalized spacial score (nSPS) is 18.3. The van der Waals surface area contributed by atoms with Crippen molar-refractivity contribution in [2.24, 2.45) is 11.8 Å². The van der Waals surface area contributed by atoms with Crippen LogP contribution in [-0.4, -0.2) is 69.0 Å². The number of aliphatic carboxylic acids is 2. The summed E-state index contributed by atoms with van der Waals surface area (Å²) in [5, 5.41) is 50.4. The second-order valence-electron chi connectivity index (χ2n) is 7.11. The molecule has 1 aliphatic rings. The third-order valence-electron chi connectivity index (χ3n) is 4.58. The zero-order valence-electron chi connectivity index (χ0n) is 17.0. The van der Waals surface area contributed by atoms with E-state index in [0.29, 0.717) is 37.9 Å². The number of aliphatic hydroxyl groups is 4. The first-order valence-electron chi connectivity index (χ1n) is 10.3. The maximum absolute atomic E-state index is 9.90. The third kappa shape index (κ3) is 22.8. The molecule has 0 aromatic rings. The van der Waals surface area contributed by atoms with E-state index < -0.39 is 11.9 Å². The van der Waals surface area contributed by atoms with Crippen LogP contribution in [0.15, 0.2) is 0 Å². The molecule has 1 aliphatic carbocycles. The van der Waals surface area contributed by atoms with E-state index >= 15 is 0 Å². The van der Waals surface area contributed by atoms with Crippen LogP contribution in [0.4, 0.5) is 0 Å². The highest BCUT2D eigenvalue weighted by Crippen LogP contribution is 2.27. The van der Waals surface area contributed by atoms with Gasteiger partial charge in [-0.05, 0) is 63.2 Å². The van der Waals surface area contributed by atoms with Crippen molar-refractivity contribution in [3.63, 3.8) is 0 Å². The van der Waals surface area contributed by atoms with Gasteiger partial charge in [0.25, 0.3) is 0 Å². The van der Waals surface area contributed by atoms with Crippen molar-refractivity contribution in [2.45, 2.75) is 77.0 Å². The number of unbranched alkanes of at least 4 members (excludes halogenated alkanes) is 4. The van der Waals surface area contributed by atoms with Crippen LogP contribution in [0.1, 0.15) is 77.0 Å². The Bertz CT molecular complexity index is 320. The summed E-state index contributed by atoms with van der Waals surface area (Å²) in [6, 6.07) is 0. The number of carbonyl (C=O) groups is 2. The summed E-state index contributed by atoms with van der Waals surface area (Å²) in [5.74, 6) is -0.707. The minimum absolute atomic E-state index is 0.0628. The Balaban J connectivity index is 0. The van der Waals surface area contributed by atoms with Crippen molar-refractivity contribution < 1.29 is 40.2 Å². The molecule has 0 atom stereocenters. The minimum Gasteiger partial charge on any atom is -0.481 e. The first-order valence-corrected chi connectivity index (χ1v) is 10.3. The smallest absolute Gasteiger partial charge is 0.303 e. The van der Waals surface area contributed by atoms with Gasteiger partial charge in [-0.15, -0.1) is 0 Å². The molecule has 0 aromatic carbocycles. The molecule has 0 spiro atoms. The van der Waals surface area contributed by atoms with Crippen molar-refractivity contribution in [3.8, 4) is 0 Å². The first kappa shape index (κ1) is 29.0. The molecule has 1 rings (SSSR count). The quantitative estimate of drug-likeness (QED) is 0.268. The van der Waals surface area contributed by atoms with Crippen molar-refractivity contribution in [2.75, 3.05) is 26.4 Å². The number of rotatable bonds is 12. The topological polar surface area (TPSA) is 156 Å². The van der Waals surface area contributed by atoms with Gasteiger partial charge in [0.05, 0.1) is 0 Å². The van der Waals surface area contributed by atoms with E-state index in [1.807, 2.05) is 0 Å². The molecule has 8 heteroatoms. The fraction of sp³-hybridized carbons (Fsp3) is 0.900. The highest BCUT2D eigenvalue weighted by atomic mass is 16.4. The molecule has 1 fully saturated rings. The predicted molar refractivity (Wildman–Crippen MR) is 106 cm³/mol. The fourth-order valence-corrected chi connectivity index (χ4v) is 2.73. The molecule has 1 saturated carbocycles. The highest BCUT2D eigenvalue weighted by molar-refractivity contribution is 5.67. The van der Waals surface area contributed by atoms with E-state index in [9.17, 15) is 9.59 Å². The number of hydrogen-bond acceptors (Lipinski definition) is 6. The molecule has 0 unspecified atom stereocenters. The van der Waals surface area contributed by atoms with Crippen molar-refractivity contribution >= 4 is 11.9 Å². The lowest BCUT2D eigenvalue weighted by Gasteiger charge is -2.25. The Hall–Kier alpha value is -1.22. The number of carboxylic acids is 2. The van der Waals surface area contributed by atoms with Gasteiger partial charge in [0.1, 0.15) is 0 Å². The van der Waals surface area contributed by atoms with Crippen LogP contribution in [0.5, 0.6) is 0 Å². The molecule has 0 aromatic heterocycles. The standard InChI is InChI=1S/C8H16O2.C6H10O4.C6H14O2/c9-5-7-1-2-8(6-10)4-3-7;7-5(8)3-1-2-4-6(9)10;7-5-3-1-2-4-6-8/h7-10H,1-6H2;1-4H2,(H,7,8)(H,9,10);7-8H,1-6H2. The molecule has 8 nitrogen and oxygen atoms in total. The van der Waals surface area contributed by atoms with Gasteiger partial charge in [-0.1, -0.05) is 12.8 Å². The maximum atomic E-state index is 9.90. The monoisotopic (exact) mass is 408 g/mol. The second-order valence-corrected chi connectivity index (χ2v) is 7.11. The van der Waals surface area contributed by atoms with Gasteiger partial charge in [0.15, 0.2) is 0 Å². The van der Waals surface area contributed by atoms with Gasteiger partial charge >= 0.3 is 11.9 Å². The van der Waals surface area contributed by atoms with Crippen LogP contribution in [-0.2, 0) is 9.59 Å². The molecule has 0 aliphatic heterocycles. The lowest BCUT2D eigenvalue weighted by Crippen LogP contribution is -2.19. The van der Waals surface area contributed by atoms with Crippen LogP contribution < -0.4 is 0 Å². The number of carboxylic acid groups (broad SMARTS) is 2. The summed E-state index contributed by atoms with van der Waals surface area (Å²) in [7, 11) is 0. The van der Waals surface area contributed by atoms with Crippen LogP contribution in [0.25, 0.3) is 0 Å². The van der Waals surface area contributed by atoms with Crippen molar-refractivity contribution in [3.05, 3.63) is 0 Å². The summed E-state index contributed by atoms with van der Waals surface area (Å²) < 4.78 is 0. The average molecular weight is 409 g/mol. The molecular weight excluding hydrogens is 368 g/mol. The third-order valence-corrected chi connectivity index (χ3v) is 4.58. The Morgan fingerprint density at radius 1 is 0.571 bits per heavy atom. The lowest BCUT2D eigenvalue weighted by molar-refractivity contribution is -0.139. The zero-order valence-corrected chi connectivity index (χ0v) is 17.0. The molecule has 0 radical (unpaired) electrons. The van der Waals surface area contributed by atoms with E-state index in [2.05, 4.69) is 0 Å². The molecule has 0 heterocycles. The molecule has 0 bridgehead atoms. The molecule has 6 N–H and O–H groups in total. The van der Waals surface area contributed by atoms with Gasteiger partial charge in [-0.25, -0.2) is 0 Å². The van der Waals surface area contributed by atoms with Crippen LogP contribution in [0.3, 0.4) is 0 Å². The Kier molecular flexibility index (Phi) is 22.8. The zero-order chi connectivity index (χ0) is 21.6. The molecule has 28 heavy (non-hydrogen) atoms. The van der Waals surface area contributed by atoms with E-state index in [4.69, 9.17) is 30.6 Å². The van der Waals surface area contributed by atoms with Gasteiger partial charge < -0.3 is 30.6 Å². The van der Waals surface area contributed by atoms with Gasteiger partial charge in [-0.3, -0.25) is 9.59 Å². The minimum atomic E-state index is -0.870. The van der Waals surface area contributed by atoms with Gasteiger partial charge in [0, 0.05) is 39.3 Å². The Morgan fingerprint density at radius 3 is 1.11 bits per heavy atom. The largest absolute Gasteiger partial charge is 0.481 e. The maximum Gasteiger partial charge on any atom is 0.303 e. The Labute approximate surface area is 168 Å². The van der Waals surface area contributed by atoms with Crippen molar-refractivity contribution in [1.29, 1.82) is 0 Å². The van der Waals surface area contributed by atoms with E-state index in [-0.39, 0.29) is 26.1 Å². The van der Waals surface area contributed by atoms with Crippen LogP contribution in [0.2, 0.25) is 0 Å². The van der Waals surface area contributed by atoms with E-state index in [1.54, 1.807) is 0 Å². The lowest BCUT2D eigenvalue weighted by atomic mass is 9.83. The molecular formula is C20H40O8.